The standard InChI is InChI=1S/C14H20N2O2/c17-11-13-7-4-10-16(13)14(18)15-9-8-12-5-2-1-3-6-12/h1-3,5-6,13,17H,4,7-11H2,(H,15,18)/t13-/m0/s1. The molecule has 0 saturated carbocycles. The van der Waals surface area contributed by atoms with Crippen LogP contribution in [-0.4, -0.2) is 41.8 Å². The predicted octanol–water partition coefficient (Wildman–Crippen LogP) is 1.40. The van der Waals surface area contributed by atoms with Gasteiger partial charge in [-0.2, -0.15) is 0 Å². The van der Waals surface area contributed by atoms with Crippen LogP contribution >= 0.6 is 0 Å². The van der Waals surface area contributed by atoms with Crippen LogP contribution in [0.2, 0.25) is 0 Å². The third kappa shape index (κ3) is 3.23. The quantitative estimate of drug-likeness (QED) is 0.846. The lowest BCUT2D eigenvalue weighted by molar-refractivity contribution is 0.157. The number of benzene rings is 1. The third-order valence-electron chi connectivity index (χ3n) is 3.38. The van der Waals surface area contributed by atoms with Crippen LogP contribution < -0.4 is 5.32 Å². The lowest BCUT2D eigenvalue weighted by Crippen LogP contribution is -2.44. The van der Waals surface area contributed by atoms with E-state index in [0.717, 1.165) is 25.8 Å². The Labute approximate surface area is 108 Å². The number of aliphatic hydroxyl groups excluding tert-OH is 1. The first-order valence-corrected chi connectivity index (χ1v) is 6.50. The van der Waals surface area contributed by atoms with Gasteiger partial charge in [-0.3, -0.25) is 0 Å². The van der Waals surface area contributed by atoms with Crippen LogP contribution in [0.3, 0.4) is 0 Å². The first kappa shape index (κ1) is 12.9. The highest BCUT2D eigenvalue weighted by Crippen LogP contribution is 2.16. The molecular weight excluding hydrogens is 228 g/mol. The van der Waals surface area contributed by atoms with Gasteiger partial charge in [0.15, 0.2) is 0 Å². The summed E-state index contributed by atoms with van der Waals surface area (Å²) in [5, 5.41) is 12.1. The zero-order valence-electron chi connectivity index (χ0n) is 10.5. The molecule has 0 radical (unpaired) electrons. The average molecular weight is 248 g/mol. The minimum atomic E-state index is -0.0533. The number of nitrogens with one attached hydrogen (secondary N) is 1. The van der Waals surface area contributed by atoms with Crippen molar-refractivity contribution in [3.8, 4) is 0 Å². The first-order valence-electron chi connectivity index (χ1n) is 6.50. The molecule has 18 heavy (non-hydrogen) atoms. The Kier molecular flexibility index (Phi) is 4.59. The number of carbonyl (C=O) groups excluding carboxylic acids is 1. The van der Waals surface area contributed by atoms with E-state index in [9.17, 15) is 4.79 Å². The highest BCUT2D eigenvalue weighted by atomic mass is 16.3. The van der Waals surface area contributed by atoms with E-state index in [1.54, 1.807) is 4.90 Å². The van der Waals surface area contributed by atoms with Crippen molar-refractivity contribution in [2.45, 2.75) is 25.3 Å². The van der Waals surface area contributed by atoms with Gasteiger partial charge in [-0.15, -0.1) is 0 Å². The molecule has 98 valence electrons. The molecule has 4 nitrogen and oxygen atoms in total. The summed E-state index contributed by atoms with van der Waals surface area (Å²) >= 11 is 0. The second-order valence-electron chi connectivity index (χ2n) is 4.64. The maximum atomic E-state index is 11.9. The van der Waals surface area contributed by atoms with E-state index in [2.05, 4.69) is 17.4 Å². The third-order valence-corrected chi connectivity index (χ3v) is 3.38. The van der Waals surface area contributed by atoms with Crippen molar-refractivity contribution in [1.82, 2.24) is 10.2 Å². The fourth-order valence-corrected chi connectivity index (χ4v) is 2.35. The number of urea groups is 1. The number of aliphatic hydroxyl groups is 1. The minimum Gasteiger partial charge on any atom is -0.394 e. The number of hydrogen-bond acceptors (Lipinski definition) is 2. The van der Waals surface area contributed by atoms with Gasteiger partial charge < -0.3 is 15.3 Å². The molecule has 1 aliphatic rings. The fourth-order valence-electron chi connectivity index (χ4n) is 2.35. The fraction of sp³-hybridized carbons (Fsp3) is 0.500. The Bertz CT molecular complexity index is 381. The van der Waals surface area contributed by atoms with Crippen molar-refractivity contribution in [2.75, 3.05) is 19.7 Å². The average Bonchev–Trinajstić information content (AvgIpc) is 2.88. The lowest BCUT2D eigenvalue weighted by atomic mass is 10.1. The van der Waals surface area contributed by atoms with Crippen LogP contribution in [-0.2, 0) is 6.42 Å². The van der Waals surface area contributed by atoms with Gasteiger partial charge in [0.1, 0.15) is 0 Å². The molecule has 0 bridgehead atoms. The zero-order valence-corrected chi connectivity index (χ0v) is 10.5. The van der Waals surface area contributed by atoms with Crippen LogP contribution in [0.4, 0.5) is 4.79 Å². The summed E-state index contributed by atoms with van der Waals surface area (Å²) in [7, 11) is 0. The molecule has 2 rings (SSSR count). The van der Waals surface area contributed by atoms with Crippen LogP contribution in [0, 0.1) is 0 Å². The smallest absolute Gasteiger partial charge is 0.317 e. The molecule has 1 aromatic carbocycles. The summed E-state index contributed by atoms with van der Waals surface area (Å²) in [6.07, 6.45) is 2.73. The van der Waals surface area contributed by atoms with E-state index >= 15 is 0 Å². The first-order chi connectivity index (χ1) is 8.81. The highest BCUT2D eigenvalue weighted by Gasteiger charge is 2.27. The van der Waals surface area contributed by atoms with Crippen molar-refractivity contribution in [1.29, 1.82) is 0 Å². The van der Waals surface area contributed by atoms with Crippen molar-refractivity contribution in [3.63, 3.8) is 0 Å². The van der Waals surface area contributed by atoms with E-state index in [4.69, 9.17) is 5.11 Å². The van der Waals surface area contributed by atoms with Gasteiger partial charge >= 0.3 is 6.03 Å². The summed E-state index contributed by atoms with van der Waals surface area (Å²) in [4.78, 5) is 13.6. The van der Waals surface area contributed by atoms with E-state index in [1.165, 1.54) is 5.56 Å². The Morgan fingerprint density at radius 3 is 2.89 bits per heavy atom. The normalized spacial score (nSPS) is 18.9. The topological polar surface area (TPSA) is 52.6 Å². The molecule has 0 unspecified atom stereocenters. The Morgan fingerprint density at radius 2 is 2.17 bits per heavy atom. The number of rotatable bonds is 4. The van der Waals surface area contributed by atoms with Crippen LogP contribution in [0.5, 0.6) is 0 Å². The Balaban J connectivity index is 1.75. The molecular formula is C14H20N2O2. The van der Waals surface area contributed by atoms with Crippen LogP contribution in [0.25, 0.3) is 0 Å². The summed E-state index contributed by atoms with van der Waals surface area (Å²) in [6.45, 7) is 1.45. The van der Waals surface area contributed by atoms with Crippen molar-refractivity contribution in [3.05, 3.63) is 35.9 Å². The van der Waals surface area contributed by atoms with E-state index < -0.39 is 0 Å². The molecule has 0 aliphatic carbocycles. The molecule has 0 aromatic heterocycles. The van der Waals surface area contributed by atoms with Gasteiger partial charge in [-0.25, -0.2) is 4.79 Å². The Morgan fingerprint density at radius 1 is 1.39 bits per heavy atom. The molecule has 1 saturated heterocycles. The van der Waals surface area contributed by atoms with Crippen LogP contribution in [0.15, 0.2) is 30.3 Å². The number of hydrogen-bond donors (Lipinski definition) is 2. The van der Waals surface area contributed by atoms with Gasteiger partial charge in [0.25, 0.3) is 0 Å². The summed E-state index contributed by atoms with van der Waals surface area (Å²) in [5.74, 6) is 0. The minimum absolute atomic E-state index is 0.00160. The molecule has 1 fully saturated rings. The second-order valence-corrected chi connectivity index (χ2v) is 4.64. The summed E-state index contributed by atoms with van der Waals surface area (Å²) in [6, 6.07) is 10.0. The lowest BCUT2D eigenvalue weighted by Gasteiger charge is -2.23. The molecule has 4 heteroatoms. The van der Waals surface area contributed by atoms with E-state index in [1.807, 2.05) is 18.2 Å². The molecule has 1 aliphatic heterocycles. The Hall–Kier alpha value is -1.55. The van der Waals surface area contributed by atoms with Gasteiger partial charge in [-0.05, 0) is 24.8 Å². The zero-order chi connectivity index (χ0) is 12.8. The summed E-state index contributed by atoms with van der Waals surface area (Å²) < 4.78 is 0. The van der Waals surface area contributed by atoms with Crippen molar-refractivity contribution in [2.24, 2.45) is 0 Å². The number of carbonyl (C=O) groups is 1. The van der Waals surface area contributed by atoms with Crippen molar-refractivity contribution < 1.29 is 9.90 Å². The van der Waals surface area contributed by atoms with Gasteiger partial charge in [0, 0.05) is 13.1 Å². The number of amides is 2. The molecule has 0 spiro atoms. The monoisotopic (exact) mass is 248 g/mol. The molecule has 2 N–H and O–H groups in total. The SMILES string of the molecule is O=C(NCCc1ccccc1)N1CCC[C@H]1CO. The van der Waals surface area contributed by atoms with E-state index in [0.29, 0.717) is 6.54 Å². The van der Waals surface area contributed by atoms with Gasteiger partial charge in [0.05, 0.1) is 12.6 Å². The van der Waals surface area contributed by atoms with Crippen molar-refractivity contribution >= 4 is 6.03 Å². The second kappa shape index (κ2) is 6.40. The maximum absolute atomic E-state index is 11.9. The van der Waals surface area contributed by atoms with E-state index in [-0.39, 0.29) is 18.7 Å². The largest absolute Gasteiger partial charge is 0.394 e. The molecule has 1 atom stereocenters. The predicted molar refractivity (Wildman–Crippen MR) is 70.4 cm³/mol. The highest BCUT2D eigenvalue weighted by molar-refractivity contribution is 5.74. The molecule has 1 aromatic rings. The van der Waals surface area contributed by atoms with Crippen LogP contribution in [0.1, 0.15) is 18.4 Å². The summed E-state index contributed by atoms with van der Waals surface area (Å²) in [5.41, 5.74) is 1.22. The maximum Gasteiger partial charge on any atom is 0.317 e. The number of nitrogens with zero attached hydrogens (tertiary/aromatic N) is 1. The molecule has 2 amide bonds. The van der Waals surface area contributed by atoms with Gasteiger partial charge in [-0.1, -0.05) is 30.3 Å². The molecule has 1 heterocycles. The number of likely N-dealkylation sites (tertiary alicyclic amines) is 1. The van der Waals surface area contributed by atoms with Gasteiger partial charge in [0.2, 0.25) is 0 Å².